The smallest absolute Gasteiger partial charge is 0.243 e. The van der Waals surface area contributed by atoms with Gasteiger partial charge in [0.25, 0.3) is 0 Å². The summed E-state index contributed by atoms with van der Waals surface area (Å²) in [5.74, 6) is -0.721. The van der Waals surface area contributed by atoms with E-state index < -0.39 is 28.5 Å². The fraction of sp³-hybridized carbons (Fsp3) is 0.273. The predicted octanol–water partition coefficient (Wildman–Crippen LogP) is 4.94. The Kier molecular flexibility index (Phi) is 9.91. The highest BCUT2D eigenvalue weighted by atomic mass is 32.2. The van der Waals surface area contributed by atoms with E-state index in [2.05, 4.69) is 5.32 Å². The molecule has 0 aromatic heterocycles. The minimum atomic E-state index is -3.97. The van der Waals surface area contributed by atoms with Gasteiger partial charge in [-0.3, -0.25) is 9.59 Å². The minimum Gasteiger partial charge on any atom is -0.354 e. The van der Waals surface area contributed by atoms with Gasteiger partial charge < -0.3 is 10.2 Å². The van der Waals surface area contributed by atoms with Crippen LogP contribution in [0.25, 0.3) is 10.8 Å². The molecule has 2 amide bonds. The Morgan fingerprint density at radius 3 is 2.17 bits per heavy atom. The number of likely N-dealkylation sites (N-methyl/N-ethyl adjacent to an activating group) is 1. The third-order valence-electron chi connectivity index (χ3n) is 7.08. The van der Waals surface area contributed by atoms with Gasteiger partial charge in [-0.15, -0.1) is 0 Å². The van der Waals surface area contributed by atoms with Crippen molar-refractivity contribution in [3.05, 3.63) is 114 Å². The summed E-state index contributed by atoms with van der Waals surface area (Å²) >= 11 is 0. The summed E-state index contributed by atoms with van der Waals surface area (Å²) in [5.41, 5.74) is 2.84. The average Bonchev–Trinajstić information content (AvgIpc) is 2.98. The molecule has 7 nitrogen and oxygen atoms in total. The summed E-state index contributed by atoms with van der Waals surface area (Å²) in [6.45, 7) is 4.18. The monoisotopic (exact) mass is 571 g/mol. The van der Waals surface area contributed by atoms with Crippen LogP contribution in [-0.4, -0.2) is 55.6 Å². The second kappa shape index (κ2) is 13.6. The third kappa shape index (κ3) is 7.60. The van der Waals surface area contributed by atoms with E-state index in [1.54, 1.807) is 18.2 Å². The lowest BCUT2D eigenvalue weighted by atomic mass is 10.0. The van der Waals surface area contributed by atoms with Crippen LogP contribution in [-0.2, 0) is 32.6 Å². The SMILES string of the molecule is CCCNC(=O)[C@H](Cc1ccccc1)N(Cc1ccc(C)cc1)C(=O)CN(C)S(=O)(=O)c1ccc2ccccc2c1. The Morgan fingerprint density at radius 2 is 1.49 bits per heavy atom. The number of sulfonamides is 1. The molecule has 0 aliphatic heterocycles. The largest absolute Gasteiger partial charge is 0.354 e. The standard InChI is InChI=1S/C33H37N3O4S/c1-4-20-34-33(38)31(21-26-10-6-5-7-11-26)36(23-27-16-14-25(2)15-17-27)32(37)24-35(3)41(39,40)30-19-18-28-12-8-9-13-29(28)22-30/h5-19,22,31H,4,20-21,23-24H2,1-3H3,(H,34,38)/t31-/m0/s1. The number of amides is 2. The molecule has 4 aromatic carbocycles. The lowest BCUT2D eigenvalue weighted by Gasteiger charge is -2.32. The van der Waals surface area contributed by atoms with E-state index in [-0.39, 0.29) is 17.3 Å². The highest BCUT2D eigenvalue weighted by Gasteiger charge is 2.33. The van der Waals surface area contributed by atoms with E-state index in [0.717, 1.165) is 38.2 Å². The molecule has 4 rings (SSSR count). The number of hydrogen-bond acceptors (Lipinski definition) is 4. The lowest BCUT2D eigenvalue weighted by Crippen LogP contribution is -2.53. The maximum atomic E-state index is 14.0. The first kappa shape index (κ1) is 30.0. The molecule has 0 spiro atoms. The van der Waals surface area contributed by atoms with Crippen LogP contribution in [0, 0.1) is 6.92 Å². The number of nitrogens with zero attached hydrogens (tertiary/aromatic N) is 2. The van der Waals surface area contributed by atoms with Crippen LogP contribution >= 0.6 is 0 Å². The number of carbonyl (C=O) groups is 2. The first-order valence-corrected chi connectivity index (χ1v) is 15.2. The zero-order valence-corrected chi connectivity index (χ0v) is 24.6. The Labute approximate surface area is 242 Å². The van der Waals surface area contributed by atoms with Crippen LogP contribution < -0.4 is 5.32 Å². The van der Waals surface area contributed by atoms with E-state index in [1.165, 1.54) is 11.9 Å². The molecule has 0 heterocycles. The Hall–Kier alpha value is -4.01. The fourth-order valence-electron chi connectivity index (χ4n) is 4.68. The van der Waals surface area contributed by atoms with E-state index >= 15 is 0 Å². The number of rotatable bonds is 12. The summed E-state index contributed by atoms with van der Waals surface area (Å²) in [6.07, 6.45) is 1.05. The molecule has 4 aromatic rings. The van der Waals surface area contributed by atoms with Gasteiger partial charge in [0.2, 0.25) is 21.8 Å². The molecule has 8 heteroatoms. The second-order valence-corrected chi connectivity index (χ2v) is 12.3. The van der Waals surface area contributed by atoms with Gasteiger partial charge in [-0.1, -0.05) is 97.4 Å². The number of carbonyl (C=O) groups excluding carboxylic acids is 2. The highest BCUT2D eigenvalue weighted by molar-refractivity contribution is 7.89. The zero-order chi connectivity index (χ0) is 29.4. The molecule has 1 atom stereocenters. The van der Waals surface area contributed by atoms with Crippen molar-refractivity contribution in [3.63, 3.8) is 0 Å². The van der Waals surface area contributed by atoms with Crippen molar-refractivity contribution in [2.24, 2.45) is 0 Å². The lowest BCUT2D eigenvalue weighted by molar-refractivity contribution is -0.141. The minimum absolute atomic E-state index is 0.109. The average molecular weight is 572 g/mol. The van der Waals surface area contributed by atoms with Gasteiger partial charge in [-0.05, 0) is 47.4 Å². The van der Waals surface area contributed by atoms with Crippen LogP contribution in [0.15, 0.2) is 102 Å². The van der Waals surface area contributed by atoms with Crippen LogP contribution in [0.1, 0.15) is 30.0 Å². The number of hydrogen-bond donors (Lipinski definition) is 1. The molecular weight excluding hydrogens is 534 g/mol. The Balaban J connectivity index is 1.65. The second-order valence-electron chi connectivity index (χ2n) is 10.3. The number of aryl methyl sites for hydroxylation is 1. The summed E-state index contributed by atoms with van der Waals surface area (Å²) in [5, 5.41) is 4.67. The normalized spacial score (nSPS) is 12.3. The zero-order valence-electron chi connectivity index (χ0n) is 23.8. The molecule has 0 radical (unpaired) electrons. The van der Waals surface area contributed by atoms with Crippen molar-refractivity contribution >= 4 is 32.6 Å². The molecule has 0 aliphatic rings. The van der Waals surface area contributed by atoms with Gasteiger partial charge in [-0.25, -0.2) is 8.42 Å². The number of fused-ring (bicyclic) bond motifs is 1. The molecule has 0 unspecified atom stereocenters. The summed E-state index contributed by atoms with van der Waals surface area (Å²) in [7, 11) is -2.57. The number of nitrogens with one attached hydrogen (secondary N) is 1. The van der Waals surface area contributed by atoms with E-state index in [9.17, 15) is 18.0 Å². The van der Waals surface area contributed by atoms with Gasteiger partial charge in [0, 0.05) is 26.6 Å². The molecular formula is C33H37N3O4S. The van der Waals surface area contributed by atoms with Crippen molar-refractivity contribution in [1.82, 2.24) is 14.5 Å². The fourth-order valence-corrected chi connectivity index (χ4v) is 5.84. The van der Waals surface area contributed by atoms with Gasteiger partial charge >= 0.3 is 0 Å². The summed E-state index contributed by atoms with van der Waals surface area (Å²) in [6, 6.07) is 28.9. The maximum Gasteiger partial charge on any atom is 0.243 e. The van der Waals surface area contributed by atoms with Gasteiger partial charge in [-0.2, -0.15) is 4.31 Å². The van der Waals surface area contributed by atoms with Crippen LogP contribution in [0.3, 0.4) is 0 Å². The Bertz CT molecular complexity index is 1590. The molecule has 41 heavy (non-hydrogen) atoms. The van der Waals surface area contributed by atoms with Crippen molar-refractivity contribution in [1.29, 1.82) is 0 Å². The first-order valence-electron chi connectivity index (χ1n) is 13.8. The van der Waals surface area contributed by atoms with Crippen molar-refractivity contribution in [2.75, 3.05) is 20.1 Å². The van der Waals surface area contributed by atoms with Crippen molar-refractivity contribution in [3.8, 4) is 0 Å². The van der Waals surface area contributed by atoms with E-state index in [0.29, 0.717) is 13.0 Å². The Morgan fingerprint density at radius 1 is 0.829 bits per heavy atom. The molecule has 1 N–H and O–H groups in total. The van der Waals surface area contributed by atoms with Crippen molar-refractivity contribution < 1.29 is 18.0 Å². The molecule has 0 saturated heterocycles. The van der Waals surface area contributed by atoms with Crippen LogP contribution in [0.2, 0.25) is 0 Å². The topological polar surface area (TPSA) is 86.8 Å². The van der Waals surface area contributed by atoms with E-state index in [1.807, 2.05) is 92.7 Å². The molecule has 0 saturated carbocycles. The maximum absolute atomic E-state index is 14.0. The number of benzene rings is 4. The third-order valence-corrected chi connectivity index (χ3v) is 8.88. The van der Waals surface area contributed by atoms with E-state index in [4.69, 9.17) is 0 Å². The molecule has 0 aliphatic carbocycles. The van der Waals surface area contributed by atoms with Gasteiger partial charge in [0.15, 0.2) is 0 Å². The van der Waals surface area contributed by atoms with Gasteiger partial charge in [0.1, 0.15) is 6.04 Å². The quantitative estimate of drug-likeness (QED) is 0.261. The van der Waals surface area contributed by atoms with Crippen molar-refractivity contribution in [2.45, 2.75) is 44.2 Å². The summed E-state index contributed by atoms with van der Waals surface area (Å²) in [4.78, 5) is 29.1. The molecule has 0 fully saturated rings. The summed E-state index contributed by atoms with van der Waals surface area (Å²) < 4.78 is 28.1. The highest BCUT2D eigenvalue weighted by Crippen LogP contribution is 2.22. The molecule has 214 valence electrons. The van der Waals surface area contributed by atoms with Crippen LogP contribution in [0.4, 0.5) is 0 Å². The first-order chi connectivity index (χ1) is 19.7. The van der Waals surface area contributed by atoms with Gasteiger partial charge in [0.05, 0.1) is 11.4 Å². The molecule has 0 bridgehead atoms. The predicted molar refractivity (Wildman–Crippen MR) is 163 cm³/mol. The van der Waals surface area contributed by atoms with Crippen LogP contribution in [0.5, 0.6) is 0 Å².